The van der Waals surface area contributed by atoms with E-state index in [1.807, 2.05) is 23.1 Å². The minimum atomic E-state index is -0.787. The van der Waals surface area contributed by atoms with E-state index in [9.17, 15) is 4.79 Å². The first-order valence-electron chi connectivity index (χ1n) is 14.3. The van der Waals surface area contributed by atoms with E-state index < -0.39 is 5.54 Å². The summed E-state index contributed by atoms with van der Waals surface area (Å²) in [6.45, 7) is 14.7. The Morgan fingerprint density at radius 2 is 1.36 bits per heavy atom. The molecule has 3 aromatic carbocycles. The third kappa shape index (κ3) is 4.34. The molecule has 7 heteroatoms. The summed E-state index contributed by atoms with van der Waals surface area (Å²) in [6.07, 6.45) is 0. The fourth-order valence-electron chi connectivity index (χ4n) is 6.32. The van der Waals surface area contributed by atoms with Crippen molar-refractivity contribution in [3.63, 3.8) is 0 Å². The molecule has 5 rings (SSSR count). The zero-order valence-electron chi connectivity index (χ0n) is 23.7. The lowest BCUT2D eigenvalue weighted by Gasteiger charge is -2.45. The summed E-state index contributed by atoms with van der Waals surface area (Å²) in [7, 11) is 0. The van der Waals surface area contributed by atoms with E-state index in [2.05, 4.69) is 85.3 Å². The smallest absolute Gasteiger partial charge is 0.255 e. The van der Waals surface area contributed by atoms with Gasteiger partial charge in [-0.2, -0.15) is 0 Å². The monoisotopic (exact) mass is 527 g/mol. The second-order valence-corrected chi connectivity index (χ2v) is 10.1. The summed E-state index contributed by atoms with van der Waals surface area (Å²) in [5.74, 6) is 1.64. The predicted octanol–water partition coefficient (Wildman–Crippen LogP) is 4.78. The van der Waals surface area contributed by atoms with E-state index in [0.717, 1.165) is 71.3 Å². The number of nitrogens with zero attached hydrogens (tertiary/aromatic N) is 3. The van der Waals surface area contributed by atoms with Crippen LogP contribution in [0.2, 0.25) is 0 Å². The number of nitrogens with one attached hydrogen (secondary N) is 1. The first kappa shape index (κ1) is 27.0. The number of carbonyl (C=O) groups is 1. The first-order valence-corrected chi connectivity index (χ1v) is 14.3. The number of hydrogen-bond donors (Lipinski definition) is 2. The minimum Gasteiger partial charge on any atom is -0.456 e. The van der Waals surface area contributed by atoms with Gasteiger partial charge in [0.1, 0.15) is 17.0 Å². The summed E-state index contributed by atoms with van der Waals surface area (Å²) in [4.78, 5) is 20.8. The molecule has 2 heterocycles. The van der Waals surface area contributed by atoms with Crippen molar-refractivity contribution in [2.24, 2.45) is 5.73 Å². The topological polar surface area (TPSA) is 74.1 Å². The number of ether oxygens (including phenoxy) is 1. The number of amides is 1. The van der Waals surface area contributed by atoms with Crippen molar-refractivity contribution in [3.05, 3.63) is 82.9 Å². The predicted molar refractivity (Wildman–Crippen MR) is 159 cm³/mol. The molecule has 7 nitrogen and oxygen atoms in total. The van der Waals surface area contributed by atoms with Gasteiger partial charge in [-0.3, -0.25) is 4.79 Å². The van der Waals surface area contributed by atoms with Crippen LogP contribution in [0.4, 0.5) is 11.4 Å². The Morgan fingerprint density at radius 1 is 0.795 bits per heavy atom. The van der Waals surface area contributed by atoms with Crippen molar-refractivity contribution in [2.75, 3.05) is 62.2 Å². The van der Waals surface area contributed by atoms with E-state index >= 15 is 0 Å². The van der Waals surface area contributed by atoms with Crippen LogP contribution in [-0.4, -0.2) is 63.2 Å². The van der Waals surface area contributed by atoms with Crippen LogP contribution in [-0.2, 0) is 5.54 Å². The van der Waals surface area contributed by atoms with Crippen LogP contribution in [0, 0.1) is 0 Å². The van der Waals surface area contributed by atoms with E-state index in [0.29, 0.717) is 26.2 Å². The zero-order chi connectivity index (χ0) is 27.6. The van der Waals surface area contributed by atoms with Gasteiger partial charge in [-0.05, 0) is 51.5 Å². The highest BCUT2D eigenvalue weighted by molar-refractivity contribution is 6.02. The summed E-state index contributed by atoms with van der Waals surface area (Å²) >= 11 is 0. The number of fused-ring (bicyclic) bond motifs is 6. The van der Waals surface area contributed by atoms with Gasteiger partial charge >= 0.3 is 0 Å². The second kappa shape index (κ2) is 11.3. The van der Waals surface area contributed by atoms with Crippen molar-refractivity contribution in [3.8, 4) is 11.5 Å². The molecule has 0 fully saturated rings. The van der Waals surface area contributed by atoms with Crippen molar-refractivity contribution in [1.82, 2.24) is 10.2 Å². The van der Waals surface area contributed by atoms with Crippen LogP contribution in [0.15, 0.2) is 60.7 Å². The van der Waals surface area contributed by atoms with Gasteiger partial charge in [0.2, 0.25) is 0 Å². The van der Waals surface area contributed by atoms with E-state index in [-0.39, 0.29) is 5.91 Å². The fourth-order valence-corrected chi connectivity index (χ4v) is 6.32. The lowest BCUT2D eigenvalue weighted by molar-refractivity contribution is 0.0668. The fraction of sp³-hybridized carbons (Fsp3) is 0.406. The third-order valence-corrected chi connectivity index (χ3v) is 8.22. The molecule has 3 aromatic rings. The van der Waals surface area contributed by atoms with Crippen LogP contribution in [0.5, 0.6) is 11.5 Å². The second-order valence-electron chi connectivity index (χ2n) is 10.1. The van der Waals surface area contributed by atoms with Gasteiger partial charge in [0.15, 0.2) is 0 Å². The van der Waals surface area contributed by atoms with Crippen molar-refractivity contribution < 1.29 is 9.53 Å². The molecule has 2 aliphatic heterocycles. The molecule has 1 amide bonds. The molecule has 39 heavy (non-hydrogen) atoms. The molecular formula is C32H41N5O2. The van der Waals surface area contributed by atoms with Gasteiger partial charge < -0.3 is 30.5 Å². The molecule has 0 saturated carbocycles. The standard InChI is InChI=1S/C32H41N5O2/c1-5-35(6-2)23-13-15-27-29(21-23)39-30-22-24(36(7-3)8-4)14-16-28(30)32(27)26-12-10-9-11-25(26)31(38)37(32)20-19-34-18-17-33/h9-16,21-22,34H,5-8,17-20,33H2,1-4H3. The van der Waals surface area contributed by atoms with Crippen molar-refractivity contribution in [1.29, 1.82) is 0 Å². The maximum atomic E-state index is 14.1. The molecule has 0 unspecified atom stereocenters. The number of hydrogen-bond acceptors (Lipinski definition) is 6. The highest BCUT2D eigenvalue weighted by Crippen LogP contribution is 2.58. The quantitative estimate of drug-likeness (QED) is 0.350. The zero-order valence-corrected chi connectivity index (χ0v) is 23.7. The normalized spacial score (nSPS) is 14.6. The number of carbonyl (C=O) groups excluding carboxylic acids is 1. The molecular weight excluding hydrogens is 486 g/mol. The number of rotatable bonds is 11. The average Bonchev–Trinajstić information content (AvgIpc) is 3.20. The Labute approximate surface area is 232 Å². The maximum absolute atomic E-state index is 14.1. The van der Waals surface area contributed by atoms with Gasteiger partial charge in [-0.1, -0.05) is 30.3 Å². The van der Waals surface area contributed by atoms with Crippen LogP contribution in [0.3, 0.4) is 0 Å². The molecule has 2 aliphatic rings. The molecule has 1 spiro atoms. The molecule has 0 atom stereocenters. The molecule has 0 aliphatic carbocycles. The molecule has 206 valence electrons. The van der Waals surface area contributed by atoms with Gasteiger partial charge in [0, 0.05) is 92.6 Å². The molecule has 3 N–H and O–H groups in total. The van der Waals surface area contributed by atoms with Crippen LogP contribution in [0.25, 0.3) is 0 Å². The molecule has 0 saturated heterocycles. The highest BCUT2D eigenvalue weighted by Gasteiger charge is 2.56. The summed E-state index contributed by atoms with van der Waals surface area (Å²) in [5, 5.41) is 3.39. The highest BCUT2D eigenvalue weighted by atomic mass is 16.5. The molecule has 0 aromatic heterocycles. The Balaban J connectivity index is 1.77. The van der Waals surface area contributed by atoms with Crippen molar-refractivity contribution >= 4 is 17.3 Å². The summed E-state index contributed by atoms with van der Waals surface area (Å²) in [5.41, 5.74) is 10.9. The van der Waals surface area contributed by atoms with Crippen molar-refractivity contribution in [2.45, 2.75) is 33.2 Å². The largest absolute Gasteiger partial charge is 0.456 e. The number of nitrogens with two attached hydrogens (primary N) is 1. The summed E-state index contributed by atoms with van der Waals surface area (Å²) in [6, 6.07) is 21.0. The Bertz CT molecular complexity index is 1270. The van der Waals surface area contributed by atoms with Gasteiger partial charge in [0.05, 0.1) is 0 Å². The Kier molecular flexibility index (Phi) is 7.82. The van der Waals surface area contributed by atoms with Gasteiger partial charge in [-0.25, -0.2) is 0 Å². The molecule has 0 bridgehead atoms. The minimum absolute atomic E-state index is 0.0413. The average molecular weight is 528 g/mol. The number of anilines is 2. The Morgan fingerprint density at radius 3 is 1.90 bits per heavy atom. The van der Waals surface area contributed by atoms with E-state index in [4.69, 9.17) is 10.5 Å². The maximum Gasteiger partial charge on any atom is 0.255 e. The van der Waals surface area contributed by atoms with Crippen LogP contribution in [0.1, 0.15) is 54.7 Å². The molecule has 0 radical (unpaired) electrons. The van der Waals surface area contributed by atoms with Gasteiger partial charge in [0.25, 0.3) is 5.91 Å². The first-order chi connectivity index (χ1) is 19.0. The summed E-state index contributed by atoms with van der Waals surface area (Å²) < 4.78 is 6.74. The number of benzene rings is 3. The van der Waals surface area contributed by atoms with E-state index in [1.54, 1.807) is 0 Å². The van der Waals surface area contributed by atoms with Crippen LogP contribution < -0.4 is 25.6 Å². The van der Waals surface area contributed by atoms with Crippen LogP contribution >= 0.6 is 0 Å². The van der Waals surface area contributed by atoms with Gasteiger partial charge in [-0.15, -0.1) is 0 Å². The lowest BCUT2D eigenvalue weighted by atomic mass is 9.74. The lowest BCUT2D eigenvalue weighted by Crippen LogP contribution is -2.49. The Hall–Kier alpha value is -3.55. The van der Waals surface area contributed by atoms with E-state index in [1.165, 1.54) is 0 Å². The SMILES string of the molecule is CCN(CC)c1ccc2c(c1)Oc1cc(N(CC)CC)ccc1C21c2ccccc2C(=O)N1CCNCCN. The third-order valence-electron chi connectivity index (χ3n) is 8.22.